The van der Waals surface area contributed by atoms with Gasteiger partial charge in [0.25, 0.3) is 10.0 Å². The molecule has 1 fully saturated rings. The monoisotopic (exact) mass is 463 g/mol. The van der Waals surface area contributed by atoms with E-state index in [2.05, 4.69) is 31.8 Å². The number of benzene rings is 2. The van der Waals surface area contributed by atoms with Crippen LogP contribution < -0.4 is 9.62 Å². The SMILES string of the molecule is CN1CCN(c2ccc(-c3cccc(NS(=O)(=O)c4ccc5c(c4)CCCC5)c3)nn2)CC1. The Morgan fingerprint density at radius 3 is 2.39 bits per heavy atom. The number of anilines is 2. The van der Waals surface area contributed by atoms with Crippen molar-refractivity contribution < 1.29 is 8.42 Å². The third kappa shape index (κ3) is 4.86. The summed E-state index contributed by atoms with van der Waals surface area (Å²) < 4.78 is 28.8. The molecule has 3 aromatic rings. The van der Waals surface area contributed by atoms with E-state index in [0.29, 0.717) is 16.3 Å². The van der Waals surface area contributed by atoms with E-state index in [1.54, 1.807) is 18.2 Å². The minimum absolute atomic E-state index is 0.310. The van der Waals surface area contributed by atoms with Gasteiger partial charge in [0, 0.05) is 37.4 Å². The van der Waals surface area contributed by atoms with Gasteiger partial charge in [-0.05, 0) is 80.3 Å². The van der Waals surface area contributed by atoms with Crippen molar-refractivity contribution in [2.24, 2.45) is 0 Å². The first kappa shape index (κ1) is 21.9. The van der Waals surface area contributed by atoms with Gasteiger partial charge in [0.05, 0.1) is 10.6 Å². The van der Waals surface area contributed by atoms with Crippen molar-refractivity contribution in [1.29, 1.82) is 0 Å². The van der Waals surface area contributed by atoms with Crippen molar-refractivity contribution >= 4 is 21.5 Å². The lowest BCUT2D eigenvalue weighted by Gasteiger charge is -2.32. The van der Waals surface area contributed by atoms with Gasteiger partial charge >= 0.3 is 0 Å². The molecule has 0 saturated carbocycles. The number of aryl methyl sites for hydroxylation is 2. The number of nitrogens with zero attached hydrogens (tertiary/aromatic N) is 4. The number of likely N-dealkylation sites (N-methyl/N-ethyl adjacent to an activating group) is 1. The Labute approximate surface area is 195 Å². The predicted octanol–water partition coefficient (Wildman–Crippen LogP) is 3.58. The zero-order chi connectivity index (χ0) is 22.8. The average Bonchev–Trinajstić information content (AvgIpc) is 2.84. The summed E-state index contributed by atoms with van der Waals surface area (Å²) in [5.41, 5.74) is 4.45. The smallest absolute Gasteiger partial charge is 0.261 e. The van der Waals surface area contributed by atoms with Crippen LogP contribution in [0.2, 0.25) is 0 Å². The second-order valence-electron chi connectivity index (χ2n) is 8.89. The van der Waals surface area contributed by atoms with Crippen molar-refractivity contribution in [2.75, 3.05) is 42.8 Å². The molecule has 7 nitrogen and oxygen atoms in total. The summed E-state index contributed by atoms with van der Waals surface area (Å²) in [6.45, 7) is 3.89. The fourth-order valence-electron chi connectivity index (χ4n) is 4.52. The lowest BCUT2D eigenvalue weighted by molar-refractivity contribution is 0.312. The molecule has 1 aromatic heterocycles. The molecule has 0 radical (unpaired) electrons. The molecule has 1 aliphatic carbocycles. The Balaban J connectivity index is 1.33. The van der Waals surface area contributed by atoms with E-state index >= 15 is 0 Å². The van der Waals surface area contributed by atoms with Crippen molar-refractivity contribution in [3.8, 4) is 11.3 Å². The molecule has 0 bridgehead atoms. The number of hydrogen-bond acceptors (Lipinski definition) is 6. The molecule has 5 rings (SSSR count). The molecule has 0 amide bonds. The van der Waals surface area contributed by atoms with Crippen LogP contribution in [0, 0.1) is 0 Å². The Hall–Kier alpha value is -2.97. The van der Waals surface area contributed by atoms with Crippen LogP contribution in [0.1, 0.15) is 24.0 Å². The topological polar surface area (TPSA) is 78.4 Å². The largest absolute Gasteiger partial charge is 0.353 e. The zero-order valence-electron chi connectivity index (χ0n) is 18.9. The Bertz CT molecular complexity index is 1240. The highest BCUT2D eigenvalue weighted by molar-refractivity contribution is 7.92. The first-order valence-electron chi connectivity index (χ1n) is 11.5. The van der Waals surface area contributed by atoms with Gasteiger partial charge in [0.1, 0.15) is 0 Å². The van der Waals surface area contributed by atoms with Crippen molar-refractivity contribution in [3.05, 3.63) is 65.7 Å². The van der Waals surface area contributed by atoms with Gasteiger partial charge in [0.2, 0.25) is 0 Å². The van der Waals surface area contributed by atoms with Gasteiger partial charge in [-0.25, -0.2) is 8.42 Å². The van der Waals surface area contributed by atoms with Crippen molar-refractivity contribution in [3.63, 3.8) is 0 Å². The highest BCUT2D eigenvalue weighted by Gasteiger charge is 2.19. The molecule has 1 saturated heterocycles. The number of rotatable bonds is 5. The summed E-state index contributed by atoms with van der Waals surface area (Å²) in [7, 11) is -1.54. The highest BCUT2D eigenvalue weighted by atomic mass is 32.2. The third-order valence-corrected chi connectivity index (χ3v) is 7.90. The molecular formula is C25H29N5O2S. The van der Waals surface area contributed by atoms with Gasteiger partial charge in [-0.2, -0.15) is 0 Å². The van der Waals surface area contributed by atoms with Gasteiger partial charge in [-0.15, -0.1) is 10.2 Å². The number of piperazine rings is 1. The normalized spacial score (nSPS) is 16.9. The summed E-state index contributed by atoms with van der Waals surface area (Å²) in [6, 6.07) is 16.7. The standard InChI is InChI=1S/C25H29N5O2S/c1-29-13-15-30(16-14-29)25-12-11-24(26-27-25)21-7-4-8-22(17-21)28-33(31,32)23-10-9-19-5-2-3-6-20(19)18-23/h4,7-12,17-18,28H,2-3,5-6,13-16H2,1H3. The van der Waals surface area contributed by atoms with Gasteiger partial charge in [-0.1, -0.05) is 18.2 Å². The summed E-state index contributed by atoms with van der Waals surface area (Å²) in [5.74, 6) is 0.871. The summed E-state index contributed by atoms with van der Waals surface area (Å²) in [6.07, 6.45) is 4.25. The minimum atomic E-state index is -3.67. The van der Waals surface area contributed by atoms with E-state index in [9.17, 15) is 8.42 Å². The third-order valence-electron chi connectivity index (χ3n) is 6.52. The fraction of sp³-hybridized carbons (Fsp3) is 0.360. The summed E-state index contributed by atoms with van der Waals surface area (Å²) in [4.78, 5) is 4.85. The van der Waals surface area contributed by atoms with E-state index in [1.807, 2.05) is 36.4 Å². The van der Waals surface area contributed by atoms with E-state index in [4.69, 9.17) is 0 Å². The van der Waals surface area contributed by atoms with Gasteiger partial charge in [-0.3, -0.25) is 4.72 Å². The average molecular weight is 464 g/mol. The van der Waals surface area contributed by atoms with E-state index in [0.717, 1.165) is 62.4 Å². The number of fused-ring (bicyclic) bond motifs is 1. The second kappa shape index (κ2) is 9.11. The van der Waals surface area contributed by atoms with Crippen LogP contribution in [0.5, 0.6) is 0 Å². The molecule has 0 unspecified atom stereocenters. The zero-order valence-corrected chi connectivity index (χ0v) is 19.7. The molecule has 2 aliphatic rings. The Kier molecular flexibility index (Phi) is 6.03. The van der Waals surface area contributed by atoms with Crippen LogP contribution in [-0.2, 0) is 22.9 Å². The molecule has 2 heterocycles. The van der Waals surface area contributed by atoms with Gasteiger partial charge < -0.3 is 9.80 Å². The number of aromatic nitrogens is 2. The van der Waals surface area contributed by atoms with Crippen LogP contribution in [-0.4, -0.2) is 56.7 Å². The molecule has 1 N–H and O–H groups in total. The number of sulfonamides is 1. The molecule has 0 spiro atoms. The van der Waals surface area contributed by atoms with Crippen LogP contribution >= 0.6 is 0 Å². The maximum absolute atomic E-state index is 13.0. The van der Waals surface area contributed by atoms with Crippen LogP contribution in [0.4, 0.5) is 11.5 Å². The molecule has 8 heteroatoms. The van der Waals surface area contributed by atoms with E-state index in [-0.39, 0.29) is 0 Å². The molecular weight excluding hydrogens is 434 g/mol. The molecule has 33 heavy (non-hydrogen) atoms. The molecule has 2 aromatic carbocycles. The molecule has 1 aliphatic heterocycles. The van der Waals surface area contributed by atoms with Crippen molar-refractivity contribution in [2.45, 2.75) is 30.6 Å². The fourth-order valence-corrected chi connectivity index (χ4v) is 5.62. The lowest BCUT2D eigenvalue weighted by Crippen LogP contribution is -2.44. The van der Waals surface area contributed by atoms with E-state index in [1.165, 1.54) is 12.0 Å². The number of hydrogen-bond donors (Lipinski definition) is 1. The first-order chi connectivity index (χ1) is 16.0. The molecule has 0 atom stereocenters. The second-order valence-corrected chi connectivity index (χ2v) is 10.6. The number of nitrogens with one attached hydrogen (secondary N) is 1. The van der Waals surface area contributed by atoms with Crippen LogP contribution in [0.3, 0.4) is 0 Å². The highest BCUT2D eigenvalue weighted by Crippen LogP contribution is 2.27. The minimum Gasteiger partial charge on any atom is -0.353 e. The molecule has 172 valence electrons. The van der Waals surface area contributed by atoms with Crippen LogP contribution in [0.25, 0.3) is 11.3 Å². The van der Waals surface area contributed by atoms with Crippen molar-refractivity contribution in [1.82, 2.24) is 15.1 Å². The lowest BCUT2D eigenvalue weighted by atomic mass is 9.92. The van der Waals surface area contributed by atoms with Gasteiger partial charge in [0.15, 0.2) is 5.82 Å². The maximum atomic E-state index is 13.0. The first-order valence-corrected chi connectivity index (χ1v) is 13.0. The van der Waals surface area contributed by atoms with Crippen LogP contribution in [0.15, 0.2) is 59.5 Å². The summed E-state index contributed by atoms with van der Waals surface area (Å²) in [5, 5.41) is 8.82. The Morgan fingerprint density at radius 1 is 0.848 bits per heavy atom. The van der Waals surface area contributed by atoms with E-state index < -0.39 is 10.0 Å². The quantitative estimate of drug-likeness (QED) is 0.623. The Morgan fingerprint density at radius 2 is 1.64 bits per heavy atom. The summed E-state index contributed by atoms with van der Waals surface area (Å²) >= 11 is 0. The maximum Gasteiger partial charge on any atom is 0.261 e. The predicted molar refractivity (Wildman–Crippen MR) is 131 cm³/mol.